The van der Waals surface area contributed by atoms with Crippen molar-refractivity contribution in [2.24, 2.45) is 0 Å². The Balaban J connectivity index is 1.19. The van der Waals surface area contributed by atoms with Crippen molar-refractivity contribution in [2.45, 2.75) is 52.9 Å². The van der Waals surface area contributed by atoms with Crippen LogP contribution in [0.4, 0.5) is 17.1 Å². The van der Waals surface area contributed by atoms with Crippen molar-refractivity contribution in [1.29, 1.82) is 0 Å². The number of hydrogen-bond acceptors (Lipinski definition) is 1. The van der Waals surface area contributed by atoms with Gasteiger partial charge in [-0.15, -0.1) is 0 Å². The molecule has 0 N–H and O–H groups in total. The van der Waals surface area contributed by atoms with Crippen LogP contribution in [0.5, 0.6) is 0 Å². The van der Waals surface area contributed by atoms with Gasteiger partial charge in [0.05, 0.1) is 0 Å². The molecule has 0 spiro atoms. The molecule has 230 valence electrons. The summed E-state index contributed by atoms with van der Waals surface area (Å²) < 4.78 is 0. The topological polar surface area (TPSA) is 3.24 Å². The van der Waals surface area contributed by atoms with Crippen LogP contribution >= 0.6 is 0 Å². The molecule has 0 radical (unpaired) electrons. The molecule has 0 saturated carbocycles. The lowest BCUT2D eigenvalue weighted by Gasteiger charge is -2.29. The van der Waals surface area contributed by atoms with Gasteiger partial charge in [0.1, 0.15) is 0 Å². The van der Waals surface area contributed by atoms with Gasteiger partial charge in [0.15, 0.2) is 0 Å². The Morgan fingerprint density at radius 3 is 1.70 bits per heavy atom. The third kappa shape index (κ3) is 5.11. The average Bonchev–Trinajstić information content (AvgIpc) is 3.07. The van der Waals surface area contributed by atoms with Gasteiger partial charge in [-0.3, -0.25) is 0 Å². The van der Waals surface area contributed by atoms with Crippen molar-refractivity contribution < 1.29 is 0 Å². The second-order valence-electron chi connectivity index (χ2n) is 14.6. The maximum atomic E-state index is 2.41. The molecular weight excluding hydrogens is 567 g/mol. The molecule has 0 bridgehead atoms. The summed E-state index contributed by atoms with van der Waals surface area (Å²) in [5.41, 5.74) is 15.6. The molecule has 0 aliphatic heterocycles. The van der Waals surface area contributed by atoms with E-state index in [1.165, 1.54) is 88.7 Å². The fourth-order valence-electron chi connectivity index (χ4n) is 7.16. The van der Waals surface area contributed by atoms with Crippen LogP contribution in [-0.4, -0.2) is 0 Å². The third-order valence-electron chi connectivity index (χ3n) is 10.0. The number of benzene rings is 7. The highest BCUT2D eigenvalue weighted by atomic mass is 15.1. The van der Waals surface area contributed by atoms with E-state index in [0.717, 1.165) is 0 Å². The molecule has 7 aromatic carbocycles. The maximum Gasteiger partial charge on any atom is 0.0490 e. The van der Waals surface area contributed by atoms with E-state index in [-0.39, 0.29) is 5.41 Å². The SMILES string of the molecule is Cc1ccccc1N(c1cccc(C(C)C)c1)c1ccc2cc3c(cc2c1)-c1cc2cc(-c4ccc(C(C)(C)C)cc4)ccc2cc1-3. The summed E-state index contributed by atoms with van der Waals surface area (Å²) in [5, 5.41) is 5.11. The first-order chi connectivity index (χ1) is 22.6. The molecule has 1 aliphatic rings. The molecule has 0 heterocycles. The zero-order valence-electron chi connectivity index (χ0n) is 28.2. The summed E-state index contributed by atoms with van der Waals surface area (Å²) in [6.07, 6.45) is 0. The molecule has 47 heavy (non-hydrogen) atoms. The fraction of sp³-hybridized carbons (Fsp3) is 0.174. The van der Waals surface area contributed by atoms with Crippen molar-refractivity contribution in [3.05, 3.63) is 150 Å². The predicted octanol–water partition coefficient (Wildman–Crippen LogP) is 13.5. The first-order valence-electron chi connectivity index (χ1n) is 16.9. The summed E-state index contributed by atoms with van der Waals surface area (Å²) in [4.78, 5) is 2.41. The van der Waals surface area contributed by atoms with Crippen molar-refractivity contribution in [1.82, 2.24) is 0 Å². The fourth-order valence-corrected chi connectivity index (χ4v) is 7.16. The molecule has 1 aliphatic carbocycles. The standard InChI is InChI=1S/C46H41N/c1-29(2)32-11-9-12-39(23-32)47(45-13-8-7-10-30(45)3)40-21-18-35-26-42-41-25-34-15-14-33(31-16-19-38(20-17-31)46(4,5)6)22-36(34)27-43(41)44(42)28-37(35)24-40/h7-29H,1-6H3. The first-order valence-corrected chi connectivity index (χ1v) is 16.9. The summed E-state index contributed by atoms with van der Waals surface area (Å²) in [7, 11) is 0. The Hall–Kier alpha value is -5.14. The van der Waals surface area contributed by atoms with Gasteiger partial charge >= 0.3 is 0 Å². The second kappa shape index (κ2) is 11.0. The minimum Gasteiger partial charge on any atom is -0.310 e. The van der Waals surface area contributed by atoms with Crippen molar-refractivity contribution in [3.63, 3.8) is 0 Å². The van der Waals surface area contributed by atoms with Gasteiger partial charge in [-0.1, -0.05) is 107 Å². The van der Waals surface area contributed by atoms with E-state index in [2.05, 4.69) is 180 Å². The Morgan fingerprint density at radius 1 is 0.489 bits per heavy atom. The Labute approximate surface area is 279 Å². The number of fused-ring (bicyclic) bond motifs is 6. The molecule has 1 heteroatoms. The first kappa shape index (κ1) is 29.3. The third-order valence-corrected chi connectivity index (χ3v) is 10.0. The van der Waals surface area contributed by atoms with Crippen LogP contribution in [0.1, 0.15) is 57.2 Å². The zero-order chi connectivity index (χ0) is 32.4. The number of rotatable bonds is 5. The van der Waals surface area contributed by atoms with Crippen LogP contribution in [0.25, 0.3) is 54.9 Å². The number of nitrogens with zero attached hydrogens (tertiary/aromatic N) is 1. The lowest BCUT2D eigenvalue weighted by Crippen LogP contribution is -2.11. The van der Waals surface area contributed by atoms with E-state index in [1.54, 1.807) is 0 Å². The highest BCUT2D eigenvalue weighted by Gasteiger charge is 2.24. The minimum absolute atomic E-state index is 0.153. The van der Waals surface area contributed by atoms with Crippen LogP contribution in [0.2, 0.25) is 0 Å². The number of anilines is 3. The Morgan fingerprint density at radius 2 is 1.06 bits per heavy atom. The highest BCUT2D eigenvalue weighted by Crippen LogP contribution is 2.51. The number of hydrogen-bond donors (Lipinski definition) is 0. The van der Waals surface area contributed by atoms with E-state index >= 15 is 0 Å². The predicted molar refractivity (Wildman–Crippen MR) is 204 cm³/mol. The van der Waals surface area contributed by atoms with Crippen LogP contribution < -0.4 is 4.90 Å². The molecule has 1 nitrogen and oxygen atoms in total. The molecule has 0 saturated heterocycles. The van der Waals surface area contributed by atoms with Crippen LogP contribution in [-0.2, 0) is 5.41 Å². The molecule has 0 aromatic heterocycles. The normalized spacial score (nSPS) is 12.2. The van der Waals surface area contributed by atoms with Gasteiger partial charge in [-0.2, -0.15) is 0 Å². The molecule has 0 atom stereocenters. The molecule has 0 amide bonds. The van der Waals surface area contributed by atoms with Gasteiger partial charge in [-0.05, 0) is 151 Å². The van der Waals surface area contributed by atoms with Crippen LogP contribution in [0.3, 0.4) is 0 Å². The van der Waals surface area contributed by atoms with Crippen molar-refractivity contribution in [3.8, 4) is 33.4 Å². The van der Waals surface area contributed by atoms with Crippen molar-refractivity contribution in [2.75, 3.05) is 4.90 Å². The van der Waals surface area contributed by atoms with E-state index in [4.69, 9.17) is 0 Å². The molecular formula is C46H41N. The van der Waals surface area contributed by atoms with Crippen LogP contribution in [0, 0.1) is 6.92 Å². The lowest BCUT2D eigenvalue weighted by atomic mass is 9.77. The van der Waals surface area contributed by atoms with E-state index in [9.17, 15) is 0 Å². The Bertz CT molecular complexity index is 2310. The van der Waals surface area contributed by atoms with Gasteiger partial charge in [0, 0.05) is 17.1 Å². The quantitative estimate of drug-likeness (QED) is 0.188. The second-order valence-corrected chi connectivity index (χ2v) is 14.6. The van der Waals surface area contributed by atoms with E-state index < -0.39 is 0 Å². The smallest absolute Gasteiger partial charge is 0.0490 e. The highest BCUT2D eigenvalue weighted by molar-refractivity contribution is 6.12. The summed E-state index contributed by atoms with van der Waals surface area (Å²) in [6.45, 7) is 13.5. The number of para-hydroxylation sites is 1. The summed E-state index contributed by atoms with van der Waals surface area (Å²) in [5.74, 6) is 0.463. The van der Waals surface area contributed by atoms with E-state index in [0.29, 0.717) is 5.92 Å². The largest absolute Gasteiger partial charge is 0.310 e. The molecule has 8 rings (SSSR count). The summed E-state index contributed by atoms with van der Waals surface area (Å²) >= 11 is 0. The van der Waals surface area contributed by atoms with Gasteiger partial charge in [-0.25, -0.2) is 0 Å². The van der Waals surface area contributed by atoms with Crippen molar-refractivity contribution >= 4 is 38.6 Å². The minimum atomic E-state index is 0.153. The van der Waals surface area contributed by atoms with Gasteiger partial charge < -0.3 is 4.90 Å². The zero-order valence-corrected chi connectivity index (χ0v) is 28.2. The van der Waals surface area contributed by atoms with Crippen LogP contribution in [0.15, 0.2) is 133 Å². The monoisotopic (exact) mass is 607 g/mol. The molecule has 7 aromatic rings. The van der Waals surface area contributed by atoms with Gasteiger partial charge in [0.25, 0.3) is 0 Å². The molecule has 0 fully saturated rings. The lowest BCUT2D eigenvalue weighted by molar-refractivity contribution is 0.590. The summed E-state index contributed by atoms with van der Waals surface area (Å²) in [6, 6.07) is 50.1. The average molecular weight is 608 g/mol. The van der Waals surface area contributed by atoms with E-state index in [1.807, 2.05) is 0 Å². The molecule has 0 unspecified atom stereocenters. The number of aryl methyl sites for hydroxylation is 1. The Kier molecular flexibility index (Phi) is 6.84. The van der Waals surface area contributed by atoms with Gasteiger partial charge in [0.2, 0.25) is 0 Å². The maximum absolute atomic E-state index is 2.41.